The van der Waals surface area contributed by atoms with E-state index in [0.717, 1.165) is 0 Å². The highest BCUT2D eigenvalue weighted by Gasteiger charge is 2.12. The molecule has 0 spiro atoms. The maximum atomic E-state index is 11.9. The van der Waals surface area contributed by atoms with Gasteiger partial charge in [0.05, 0.1) is 16.3 Å². The number of anilines is 2. The molecule has 0 radical (unpaired) electrons. The van der Waals surface area contributed by atoms with Crippen LogP contribution >= 0.6 is 11.6 Å². The molecule has 100 valence electrons. The molecule has 2 rings (SSSR count). The van der Waals surface area contributed by atoms with E-state index < -0.39 is 0 Å². The SMILES string of the molecule is CCNc1ncc(C(=O)Nc2nc(C)co2)cc1Cl. The Morgan fingerprint density at radius 3 is 2.89 bits per heavy atom. The van der Waals surface area contributed by atoms with Crippen molar-refractivity contribution >= 4 is 29.3 Å². The summed E-state index contributed by atoms with van der Waals surface area (Å²) < 4.78 is 5.04. The van der Waals surface area contributed by atoms with Crippen molar-refractivity contribution in [1.82, 2.24) is 9.97 Å². The molecule has 0 atom stereocenters. The number of nitrogens with zero attached hydrogens (tertiary/aromatic N) is 2. The van der Waals surface area contributed by atoms with Gasteiger partial charge in [0, 0.05) is 12.7 Å². The van der Waals surface area contributed by atoms with Crippen molar-refractivity contribution in [2.75, 3.05) is 17.2 Å². The quantitative estimate of drug-likeness (QED) is 0.900. The summed E-state index contributed by atoms with van der Waals surface area (Å²) in [6.07, 6.45) is 2.89. The lowest BCUT2D eigenvalue weighted by Gasteiger charge is -2.06. The monoisotopic (exact) mass is 280 g/mol. The van der Waals surface area contributed by atoms with Crippen molar-refractivity contribution < 1.29 is 9.21 Å². The zero-order valence-electron chi connectivity index (χ0n) is 10.5. The van der Waals surface area contributed by atoms with E-state index in [9.17, 15) is 4.79 Å². The fourth-order valence-electron chi connectivity index (χ4n) is 1.44. The molecule has 0 aromatic carbocycles. The van der Waals surface area contributed by atoms with Gasteiger partial charge in [-0.1, -0.05) is 11.6 Å². The molecule has 0 fully saturated rings. The highest BCUT2D eigenvalue weighted by molar-refractivity contribution is 6.33. The Morgan fingerprint density at radius 1 is 1.53 bits per heavy atom. The topological polar surface area (TPSA) is 80.0 Å². The van der Waals surface area contributed by atoms with Crippen molar-refractivity contribution in [3.05, 3.63) is 34.8 Å². The molecule has 19 heavy (non-hydrogen) atoms. The Balaban J connectivity index is 2.13. The highest BCUT2D eigenvalue weighted by Crippen LogP contribution is 2.20. The van der Waals surface area contributed by atoms with E-state index >= 15 is 0 Å². The van der Waals surface area contributed by atoms with Crippen LogP contribution in [0.1, 0.15) is 23.0 Å². The van der Waals surface area contributed by atoms with Gasteiger partial charge in [-0.15, -0.1) is 0 Å². The summed E-state index contributed by atoms with van der Waals surface area (Å²) in [6, 6.07) is 1.69. The number of hydrogen-bond acceptors (Lipinski definition) is 5. The van der Waals surface area contributed by atoms with Gasteiger partial charge in [-0.3, -0.25) is 10.1 Å². The van der Waals surface area contributed by atoms with E-state index in [1.165, 1.54) is 18.5 Å². The third-order valence-corrected chi connectivity index (χ3v) is 2.58. The average Bonchev–Trinajstić information content (AvgIpc) is 2.77. The maximum Gasteiger partial charge on any atom is 0.301 e. The zero-order chi connectivity index (χ0) is 13.8. The number of carbonyl (C=O) groups is 1. The van der Waals surface area contributed by atoms with Crippen LogP contribution in [0.4, 0.5) is 11.8 Å². The van der Waals surface area contributed by atoms with E-state index in [2.05, 4.69) is 20.6 Å². The molecule has 1 amide bonds. The lowest BCUT2D eigenvalue weighted by atomic mass is 10.2. The van der Waals surface area contributed by atoms with Gasteiger partial charge in [-0.25, -0.2) is 4.98 Å². The molecule has 6 nitrogen and oxygen atoms in total. The minimum absolute atomic E-state index is 0.148. The molecule has 0 aliphatic carbocycles. The molecular weight excluding hydrogens is 268 g/mol. The summed E-state index contributed by atoms with van der Waals surface area (Å²) in [7, 11) is 0. The number of aromatic nitrogens is 2. The van der Waals surface area contributed by atoms with Crippen molar-refractivity contribution in [3.63, 3.8) is 0 Å². The minimum atomic E-state index is -0.376. The zero-order valence-corrected chi connectivity index (χ0v) is 11.3. The number of amides is 1. The molecule has 0 bridgehead atoms. The van der Waals surface area contributed by atoms with Crippen LogP contribution in [0.25, 0.3) is 0 Å². The van der Waals surface area contributed by atoms with Crippen LogP contribution < -0.4 is 10.6 Å². The molecule has 0 saturated carbocycles. The van der Waals surface area contributed by atoms with E-state index in [1.54, 1.807) is 6.92 Å². The van der Waals surface area contributed by atoms with Crippen molar-refractivity contribution in [1.29, 1.82) is 0 Å². The van der Waals surface area contributed by atoms with Crippen LogP contribution in [0, 0.1) is 6.92 Å². The standard InChI is InChI=1S/C12H13ClN4O2/c1-3-14-10-9(13)4-8(5-15-10)11(18)17-12-16-7(2)6-19-12/h4-6H,3H2,1-2H3,(H,14,15)(H,16,17,18). The third-order valence-electron chi connectivity index (χ3n) is 2.29. The Kier molecular flexibility index (Phi) is 4.01. The maximum absolute atomic E-state index is 11.9. The third kappa shape index (κ3) is 3.23. The molecule has 2 heterocycles. The first-order valence-corrected chi connectivity index (χ1v) is 6.11. The van der Waals surface area contributed by atoms with Gasteiger partial charge in [0.2, 0.25) is 0 Å². The highest BCUT2D eigenvalue weighted by atomic mass is 35.5. The van der Waals surface area contributed by atoms with Crippen LogP contribution in [0.3, 0.4) is 0 Å². The lowest BCUT2D eigenvalue weighted by Crippen LogP contribution is -2.13. The predicted molar refractivity (Wildman–Crippen MR) is 72.6 cm³/mol. The fraction of sp³-hybridized carbons (Fsp3) is 0.250. The normalized spacial score (nSPS) is 10.3. The number of halogens is 1. The molecule has 2 N–H and O–H groups in total. The molecule has 0 aliphatic rings. The van der Waals surface area contributed by atoms with Crippen LogP contribution in [-0.2, 0) is 0 Å². The second-order valence-corrected chi connectivity index (χ2v) is 4.24. The molecule has 2 aromatic rings. The molecule has 0 unspecified atom stereocenters. The number of aryl methyl sites for hydroxylation is 1. The number of carbonyl (C=O) groups excluding carboxylic acids is 1. The van der Waals surface area contributed by atoms with Crippen molar-refractivity contribution in [3.8, 4) is 0 Å². The van der Waals surface area contributed by atoms with Crippen molar-refractivity contribution in [2.24, 2.45) is 0 Å². The average molecular weight is 281 g/mol. The number of nitrogens with one attached hydrogen (secondary N) is 2. The first-order chi connectivity index (χ1) is 9.10. The summed E-state index contributed by atoms with van der Waals surface area (Å²) in [5.74, 6) is 0.173. The van der Waals surface area contributed by atoms with Gasteiger partial charge in [0.25, 0.3) is 5.91 Å². The van der Waals surface area contributed by atoms with Gasteiger partial charge < -0.3 is 9.73 Å². The number of hydrogen-bond donors (Lipinski definition) is 2. The summed E-state index contributed by atoms with van der Waals surface area (Å²) in [4.78, 5) is 20.0. The molecule has 0 aliphatic heterocycles. The Morgan fingerprint density at radius 2 is 2.32 bits per heavy atom. The first kappa shape index (κ1) is 13.4. The minimum Gasteiger partial charge on any atom is -0.432 e. The Labute approximate surface area is 115 Å². The van der Waals surface area contributed by atoms with E-state index in [0.29, 0.717) is 28.6 Å². The first-order valence-electron chi connectivity index (χ1n) is 5.73. The largest absolute Gasteiger partial charge is 0.432 e. The van der Waals surface area contributed by atoms with Gasteiger partial charge in [0.15, 0.2) is 0 Å². The molecule has 2 aromatic heterocycles. The Hall–Kier alpha value is -2.08. The van der Waals surface area contributed by atoms with E-state index in [1.807, 2.05) is 6.92 Å². The van der Waals surface area contributed by atoms with Crippen LogP contribution in [-0.4, -0.2) is 22.4 Å². The predicted octanol–water partition coefficient (Wildman–Crippen LogP) is 2.72. The number of pyridine rings is 1. The number of oxazole rings is 1. The van der Waals surface area contributed by atoms with Crippen LogP contribution in [0.5, 0.6) is 0 Å². The van der Waals surface area contributed by atoms with E-state index in [-0.39, 0.29) is 11.9 Å². The van der Waals surface area contributed by atoms with Crippen molar-refractivity contribution in [2.45, 2.75) is 13.8 Å². The summed E-state index contributed by atoms with van der Waals surface area (Å²) in [5, 5.41) is 5.90. The Bertz CT molecular complexity index is 597. The molecule has 0 saturated heterocycles. The van der Waals surface area contributed by atoms with Crippen LogP contribution in [0.2, 0.25) is 5.02 Å². The van der Waals surface area contributed by atoms with Crippen LogP contribution in [0.15, 0.2) is 22.9 Å². The second kappa shape index (κ2) is 5.71. The smallest absolute Gasteiger partial charge is 0.301 e. The summed E-state index contributed by atoms with van der Waals surface area (Å²) >= 11 is 6.02. The summed E-state index contributed by atoms with van der Waals surface area (Å²) in [5.41, 5.74) is 1.02. The number of rotatable bonds is 4. The van der Waals surface area contributed by atoms with Gasteiger partial charge in [-0.05, 0) is 19.9 Å². The lowest BCUT2D eigenvalue weighted by molar-refractivity contribution is 0.102. The van der Waals surface area contributed by atoms with Gasteiger partial charge in [0.1, 0.15) is 12.1 Å². The molecular formula is C12H13ClN4O2. The van der Waals surface area contributed by atoms with Gasteiger partial charge in [-0.2, -0.15) is 4.98 Å². The second-order valence-electron chi connectivity index (χ2n) is 3.83. The van der Waals surface area contributed by atoms with E-state index in [4.69, 9.17) is 16.0 Å². The molecule has 7 heteroatoms. The fourth-order valence-corrected chi connectivity index (χ4v) is 1.67. The van der Waals surface area contributed by atoms with Gasteiger partial charge >= 0.3 is 6.01 Å². The summed E-state index contributed by atoms with van der Waals surface area (Å²) in [6.45, 7) is 4.40.